The molecule has 118 valence electrons. The number of piperazine rings is 1. The van der Waals surface area contributed by atoms with Crippen LogP contribution in [0.3, 0.4) is 0 Å². The summed E-state index contributed by atoms with van der Waals surface area (Å²) in [4.78, 5) is 26.0. The van der Waals surface area contributed by atoms with Gasteiger partial charge in [-0.1, -0.05) is 25.3 Å². The summed E-state index contributed by atoms with van der Waals surface area (Å²) in [7, 11) is 0. The van der Waals surface area contributed by atoms with Gasteiger partial charge in [-0.15, -0.1) is 6.58 Å². The Morgan fingerprint density at radius 1 is 1.24 bits per heavy atom. The van der Waals surface area contributed by atoms with Crippen LogP contribution in [0.2, 0.25) is 0 Å². The third-order valence-corrected chi connectivity index (χ3v) is 4.32. The lowest BCUT2D eigenvalue weighted by Crippen LogP contribution is -2.61. The van der Waals surface area contributed by atoms with E-state index in [1.807, 2.05) is 0 Å². The molecule has 5 nitrogen and oxygen atoms in total. The molecular weight excluding hydrogens is 268 g/mol. The first-order chi connectivity index (χ1) is 10.2. The largest absolute Gasteiger partial charge is 0.379 e. The molecular formula is C16H26N2O3. The van der Waals surface area contributed by atoms with Crippen molar-refractivity contribution in [3.63, 3.8) is 0 Å². The summed E-state index contributed by atoms with van der Waals surface area (Å²) in [5, 5.41) is 2.89. The highest BCUT2D eigenvalue weighted by Crippen LogP contribution is 2.28. The van der Waals surface area contributed by atoms with Crippen LogP contribution in [0.1, 0.15) is 38.5 Å². The molecule has 0 bridgehead atoms. The van der Waals surface area contributed by atoms with E-state index in [9.17, 15) is 9.59 Å². The van der Waals surface area contributed by atoms with Crippen LogP contribution < -0.4 is 5.32 Å². The molecule has 0 radical (unpaired) electrons. The zero-order valence-electron chi connectivity index (χ0n) is 12.7. The van der Waals surface area contributed by atoms with Crippen molar-refractivity contribution >= 4 is 11.8 Å². The van der Waals surface area contributed by atoms with Crippen LogP contribution in [0.15, 0.2) is 12.7 Å². The van der Waals surface area contributed by atoms with Crippen molar-refractivity contribution in [1.29, 1.82) is 0 Å². The fourth-order valence-corrected chi connectivity index (χ4v) is 3.15. The van der Waals surface area contributed by atoms with E-state index in [1.165, 1.54) is 6.42 Å². The van der Waals surface area contributed by atoms with Crippen molar-refractivity contribution in [2.75, 3.05) is 26.3 Å². The molecule has 5 heteroatoms. The van der Waals surface area contributed by atoms with Crippen LogP contribution in [0.4, 0.5) is 0 Å². The van der Waals surface area contributed by atoms with Gasteiger partial charge in [0, 0.05) is 6.54 Å². The number of amides is 2. The molecule has 1 aliphatic heterocycles. The molecule has 2 aliphatic rings. The standard InChI is InChI=1S/C16H26N2O3/c1-2-3-10-21-11-9-18-12-14(19)17-15(16(18)20)13-7-5-4-6-8-13/h2,13,15H,1,3-12H2,(H,17,19). The minimum atomic E-state index is -0.320. The SMILES string of the molecule is C=CCCOCCN1CC(=O)NC(C2CCCCC2)C1=O. The van der Waals surface area contributed by atoms with Gasteiger partial charge in [0.05, 0.1) is 19.8 Å². The third-order valence-electron chi connectivity index (χ3n) is 4.32. The van der Waals surface area contributed by atoms with E-state index in [4.69, 9.17) is 4.74 Å². The Bertz CT molecular complexity index is 378. The number of nitrogens with one attached hydrogen (secondary N) is 1. The second kappa shape index (κ2) is 8.17. The van der Waals surface area contributed by atoms with Crippen molar-refractivity contribution in [1.82, 2.24) is 10.2 Å². The maximum atomic E-state index is 12.5. The van der Waals surface area contributed by atoms with Gasteiger partial charge in [0.2, 0.25) is 11.8 Å². The minimum absolute atomic E-state index is 0.0451. The summed E-state index contributed by atoms with van der Waals surface area (Å²) in [6.07, 6.45) is 8.26. The lowest BCUT2D eigenvalue weighted by Gasteiger charge is -2.37. The quantitative estimate of drug-likeness (QED) is 0.571. The smallest absolute Gasteiger partial charge is 0.245 e. The molecule has 1 saturated carbocycles. The van der Waals surface area contributed by atoms with E-state index in [0.717, 1.165) is 32.1 Å². The second-order valence-corrected chi connectivity index (χ2v) is 5.89. The number of carbonyl (C=O) groups is 2. The zero-order chi connectivity index (χ0) is 15.1. The fourth-order valence-electron chi connectivity index (χ4n) is 3.15. The Morgan fingerprint density at radius 3 is 2.71 bits per heavy atom. The first kappa shape index (κ1) is 16.0. The summed E-state index contributed by atoms with van der Waals surface area (Å²) in [6, 6.07) is -0.320. The van der Waals surface area contributed by atoms with Crippen LogP contribution in [-0.2, 0) is 14.3 Å². The summed E-state index contributed by atoms with van der Waals surface area (Å²) in [6.45, 7) is 5.38. The second-order valence-electron chi connectivity index (χ2n) is 5.89. The molecule has 21 heavy (non-hydrogen) atoms. The van der Waals surface area contributed by atoms with Crippen molar-refractivity contribution in [3.05, 3.63) is 12.7 Å². The fraction of sp³-hybridized carbons (Fsp3) is 0.750. The van der Waals surface area contributed by atoms with E-state index in [0.29, 0.717) is 25.7 Å². The zero-order valence-corrected chi connectivity index (χ0v) is 12.7. The monoisotopic (exact) mass is 294 g/mol. The molecule has 0 aromatic carbocycles. The van der Waals surface area contributed by atoms with Crippen molar-refractivity contribution in [2.45, 2.75) is 44.6 Å². The summed E-state index contributed by atoms with van der Waals surface area (Å²) in [5.41, 5.74) is 0. The highest BCUT2D eigenvalue weighted by Gasteiger charge is 2.37. The number of carbonyl (C=O) groups excluding carboxylic acids is 2. The number of nitrogens with zero attached hydrogens (tertiary/aromatic N) is 1. The summed E-state index contributed by atoms with van der Waals surface area (Å²) < 4.78 is 5.44. The molecule has 1 N–H and O–H groups in total. The van der Waals surface area contributed by atoms with E-state index in [1.54, 1.807) is 11.0 Å². The van der Waals surface area contributed by atoms with Crippen LogP contribution >= 0.6 is 0 Å². The van der Waals surface area contributed by atoms with E-state index in [2.05, 4.69) is 11.9 Å². The topological polar surface area (TPSA) is 58.6 Å². The van der Waals surface area contributed by atoms with E-state index < -0.39 is 0 Å². The van der Waals surface area contributed by atoms with Crippen LogP contribution in [0.25, 0.3) is 0 Å². The minimum Gasteiger partial charge on any atom is -0.379 e. The van der Waals surface area contributed by atoms with Gasteiger partial charge in [-0.3, -0.25) is 9.59 Å². The molecule has 1 unspecified atom stereocenters. The van der Waals surface area contributed by atoms with Gasteiger partial charge in [0.15, 0.2) is 0 Å². The van der Waals surface area contributed by atoms with Crippen molar-refractivity contribution < 1.29 is 14.3 Å². The summed E-state index contributed by atoms with van der Waals surface area (Å²) in [5.74, 6) is 0.324. The Labute approximate surface area is 126 Å². The maximum Gasteiger partial charge on any atom is 0.245 e. The average molecular weight is 294 g/mol. The number of ether oxygens (including phenoxy) is 1. The molecule has 2 fully saturated rings. The highest BCUT2D eigenvalue weighted by atomic mass is 16.5. The van der Waals surface area contributed by atoms with Gasteiger partial charge in [-0.2, -0.15) is 0 Å². The molecule has 0 spiro atoms. The van der Waals surface area contributed by atoms with Crippen LogP contribution in [-0.4, -0.2) is 49.1 Å². The van der Waals surface area contributed by atoms with E-state index >= 15 is 0 Å². The Kier molecular flexibility index (Phi) is 6.23. The van der Waals surface area contributed by atoms with Gasteiger partial charge in [-0.05, 0) is 25.2 Å². The number of rotatable bonds is 7. The van der Waals surface area contributed by atoms with Crippen LogP contribution in [0, 0.1) is 5.92 Å². The molecule has 1 saturated heterocycles. The first-order valence-electron chi connectivity index (χ1n) is 7.99. The van der Waals surface area contributed by atoms with Crippen molar-refractivity contribution in [3.8, 4) is 0 Å². The number of hydrogen-bond donors (Lipinski definition) is 1. The van der Waals surface area contributed by atoms with Gasteiger partial charge in [0.1, 0.15) is 6.04 Å². The molecule has 2 amide bonds. The Morgan fingerprint density at radius 2 is 2.00 bits per heavy atom. The lowest BCUT2D eigenvalue weighted by molar-refractivity contribution is -0.147. The lowest BCUT2D eigenvalue weighted by atomic mass is 9.82. The first-order valence-corrected chi connectivity index (χ1v) is 7.99. The third kappa shape index (κ3) is 4.56. The maximum absolute atomic E-state index is 12.5. The molecule has 0 aromatic rings. The van der Waals surface area contributed by atoms with Gasteiger partial charge in [0.25, 0.3) is 0 Å². The predicted molar refractivity (Wildman–Crippen MR) is 80.7 cm³/mol. The molecule has 1 atom stereocenters. The van der Waals surface area contributed by atoms with E-state index in [-0.39, 0.29) is 24.4 Å². The predicted octanol–water partition coefficient (Wildman–Crippen LogP) is 1.49. The molecule has 1 heterocycles. The number of hydrogen-bond acceptors (Lipinski definition) is 3. The van der Waals surface area contributed by atoms with Gasteiger partial charge >= 0.3 is 0 Å². The van der Waals surface area contributed by atoms with Gasteiger partial charge < -0.3 is 15.0 Å². The molecule has 0 aromatic heterocycles. The van der Waals surface area contributed by atoms with Gasteiger partial charge in [-0.25, -0.2) is 0 Å². The Hall–Kier alpha value is -1.36. The normalized spacial score (nSPS) is 24.0. The summed E-state index contributed by atoms with van der Waals surface area (Å²) >= 11 is 0. The Balaban J connectivity index is 1.84. The molecule has 1 aliphatic carbocycles. The average Bonchev–Trinajstić information content (AvgIpc) is 2.51. The highest BCUT2D eigenvalue weighted by molar-refractivity contribution is 5.95. The van der Waals surface area contributed by atoms with Crippen molar-refractivity contribution in [2.24, 2.45) is 5.92 Å². The molecule has 2 rings (SSSR count). The van der Waals surface area contributed by atoms with Crippen LogP contribution in [0.5, 0.6) is 0 Å².